The lowest BCUT2D eigenvalue weighted by atomic mass is 10.0. The van der Waals surface area contributed by atoms with E-state index in [9.17, 15) is 18.8 Å². The standard InChI is InChI=1S/C35H43FN6O3S3/c1-3-42-30(48-32(33(42)44)34-40(2)26-16-15-23(36)20-28(26)47-34)21-24-12-8-11-19-41(24)18-10-5-4-9-17-37-29(43)14-7-6-13-27-31-25(22-46-27)38-35(45)39-31/h8,11-12,15-16,19-21,25,27,31H,3-7,9-10,13-14,17-18,22H2,1-2H3,(H2-,37,38,39,43,45)/p+1/b34-32+/t25-,27-,31-/m0/s1. The normalized spacial score (nSPS) is 21.3. The van der Waals surface area contributed by atoms with E-state index in [0.717, 1.165) is 83.2 Å². The van der Waals surface area contributed by atoms with Gasteiger partial charge in [0.15, 0.2) is 6.20 Å². The first kappa shape index (κ1) is 34.6. The van der Waals surface area contributed by atoms with Crippen molar-refractivity contribution in [3.8, 4) is 0 Å². The Morgan fingerprint density at radius 2 is 1.96 bits per heavy atom. The van der Waals surface area contributed by atoms with Crippen LogP contribution in [0.4, 0.5) is 14.9 Å². The Hall–Kier alpha value is -3.29. The molecule has 0 radical (unpaired) electrons. The molecule has 0 saturated carbocycles. The zero-order chi connectivity index (χ0) is 33.6. The van der Waals surface area contributed by atoms with Gasteiger partial charge in [0.2, 0.25) is 11.6 Å². The number of nitrogens with one attached hydrogen (secondary N) is 3. The first-order valence-electron chi connectivity index (χ1n) is 16.9. The van der Waals surface area contributed by atoms with Crippen LogP contribution in [0.3, 0.4) is 0 Å². The largest absolute Gasteiger partial charge is 0.356 e. The molecule has 13 heteroatoms. The number of thiazole rings is 1. The highest BCUT2D eigenvalue weighted by atomic mass is 32.2. The fourth-order valence-electron chi connectivity index (χ4n) is 6.60. The van der Waals surface area contributed by atoms with Crippen molar-refractivity contribution in [1.82, 2.24) is 20.5 Å². The molecule has 0 unspecified atom stereocenters. The number of thioether (sulfide) groups is 2. The number of fused-ring (bicyclic) bond motifs is 2. The number of pyridine rings is 1. The molecule has 1 aromatic carbocycles. The van der Waals surface area contributed by atoms with Crippen LogP contribution in [-0.4, -0.2) is 53.2 Å². The van der Waals surface area contributed by atoms with E-state index in [1.807, 2.05) is 47.3 Å². The van der Waals surface area contributed by atoms with Gasteiger partial charge >= 0.3 is 6.03 Å². The molecule has 6 rings (SSSR count). The predicted molar refractivity (Wildman–Crippen MR) is 193 cm³/mol. The summed E-state index contributed by atoms with van der Waals surface area (Å²) in [6.07, 6.45) is 11.7. The van der Waals surface area contributed by atoms with Crippen molar-refractivity contribution >= 4 is 63.6 Å². The third-order valence-electron chi connectivity index (χ3n) is 9.19. The van der Waals surface area contributed by atoms with Gasteiger partial charge < -0.3 is 20.9 Å². The lowest BCUT2D eigenvalue weighted by Crippen LogP contribution is -2.38. The van der Waals surface area contributed by atoms with Crippen LogP contribution >= 0.6 is 34.9 Å². The molecule has 2 aromatic heterocycles. The molecule has 3 aliphatic heterocycles. The van der Waals surface area contributed by atoms with Gasteiger partial charge in [0.25, 0.3) is 5.56 Å². The number of hydrogen-bond acceptors (Lipinski definition) is 7. The Morgan fingerprint density at radius 1 is 1.10 bits per heavy atom. The quantitative estimate of drug-likeness (QED) is 0.133. The van der Waals surface area contributed by atoms with Crippen molar-refractivity contribution in [3.63, 3.8) is 0 Å². The number of nitrogens with zero attached hydrogens (tertiary/aromatic N) is 3. The number of hydrogen-bond donors (Lipinski definition) is 3. The summed E-state index contributed by atoms with van der Waals surface area (Å²) in [6.45, 7) is 4.12. The highest BCUT2D eigenvalue weighted by Crippen LogP contribution is 2.45. The number of aryl methyl sites for hydroxylation is 1. The van der Waals surface area contributed by atoms with Gasteiger partial charge in [-0.15, -0.1) is 11.3 Å². The third-order valence-corrected chi connectivity index (χ3v) is 13.2. The Morgan fingerprint density at radius 3 is 2.81 bits per heavy atom. The van der Waals surface area contributed by atoms with Crippen molar-refractivity contribution in [3.05, 3.63) is 73.7 Å². The van der Waals surface area contributed by atoms with E-state index in [1.165, 1.54) is 35.2 Å². The van der Waals surface area contributed by atoms with Crippen molar-refractivity contribution in [2.75, 3.05) is 24.2 Å². The molecule has 0 aliphatic carbocycles. The van der Waals surface area contributed by atoms with Gasteiger partial charge in [0.1, 0.15) is 26.6 Å². The number of unbranched alkanes of at least 4 members (excludes halogenated alkanes) is 4. The topological polar surface area (TPSA) is 99.3 Å². The molecule has 3 aromatic rings. The van der Waals surface area contributed by atoms with E-state index in [2.05, 4.69) is 38.9 Å². The summed E-state index contributed by atoms with van der Waals surface area (Å²) >= 11 is 4.84. The number of anilines is 1. The van der Waals surface area contributed by atoms with Crippen molar-refractivity contribution in [2.45, 2.75) is 93.6 Å². The van der Waals surface area contributed by atoms with Crippen LogP contribution < -0.4 is 40.2 Å². The SMILES string of the molecule is CCn1c(=O)/c(=C2\Sc3cc(F)ccc3N2C)s/c1=C\c1cccc[n+]1CCCCCCNC(=O)CCCC[C@@H]1SC[C@@H]2NC(=O)N[C@@H]21. The van der Waals surface area contributed by atoms with Crippen LogP contribution in [-0.2, 0) is 17.9 Å². The maximum absolute atomic E-state index is 13.9. The predicted octanol–water partition coefficient (Wildman–Crippen LogP) is 3.90. The molecule has 3 aliphatic rings. The minimum absolute atomic E-state index is 0.0230. The summed E-state index contributed by atoms with van der Waals surface area (Å²) in [4.78, 5) is 40.2. The highest BCUT2D eigenvalue weighted by Gasteiger charge is 2.42. The van der Waals surface area contributed by atoms with Gasteiger partial charge in [-0.1, -0.05) is 24.6 Å². The molecular weight excluding hydrogens is 668 g/mol. The van der Waals surface area contributed by atoms with Gasteiger partial charge in [-0.25, -0.2) is 9.18 Å². The molecule has 48 heavy (non-hydrogen) atoms. The lowest BCUT2D eigenvalue weighted by molar-refractivity contribution is -0.699. The number of halogens is 1. The molecule has 3 amide bonds. The number of aromatic nitrogens is 2. The van der Waals surface area contributed by atoms with Crippen LogP contribution in [0.1, 0.15) is 64.0 Å². The molecule has 256 valence electrons. The molecule has 5 heterocycles. The lowest BCUT2D eigenvalue weighted by Gasteiger charge is -2.16. The highest BCUT2D eigenvalue weighted by molar-refractivity contribution is 8.08. The van der Waals surface area contributed by atoms with E-state index in [-0.39, 0.29) is 35.4 Å². The molecule has 0 spiro atoms. The zero-order valence-electron chi connectivity index (χ0n) is 27.5. The first-order chi connectivity index (χ1) is 23.3. The van der Waals surface area contributed by atoms with Gasteiger partial charge in [-0.2, -0.15) is 16.3 Å². The molecule has 2 saturated heterocycles. The summed E-state index contributed by atoms with van der Waals surface area (Å²) in [5.41, 5.74) is 1.92. The van der Waals surface area contributed by atoms with E-state index >= 15 is 0 Å². The average molecular weight is 712 g/mol. The number of rotatable bonds is 14. The number of amides is 3. The molecule has 3 atom stereocenters. The van der Waals surface area contributed by atoms with E-state index in [4.69, 9.17) is 0 Å². The Balaban J connectivity index is 0.955. The fourth-order valence-corrected chi connectivity index (χ4v) is 10.6. The van der Waals surface area contributed by atoms with Gasteiger partial charge in [0, 0.05) is 67.1 Å². The molecular formula is C35H44FN6O3S3+. The van der Waals surface area contributed by atoms with Crippen LogP contribution in [0.5, 0.6) is 0 Å². The van der Waals surface area contributed by atoms with Crippen LogP contribution in [0.15, 0.2) is 52.3 Å². The van der Waals surface area contributed by atoms with Crippen LogP contribution in [0.2, 0.25) is 0 Å². The minimum atomic E-state index is -0.280. The molecule has 2 fully saturated rings. The maximum atomic E-state index is 13.9. The average Bonchev–Trinajstić information content (AvgIpc) is 3.80. The zero-order valence-corrected chi connectivity index (χ0v) is 30.0. The number of carbonyl (C=O) groups is 2. The Kier molecular flexibility index (Phi) is 11.5. The molecule has 9 nitrogen and oxygen atoms in total. The second kappa shape index (κ2) is 15.9. The smallest absolute Gasteiger partial charge is 0.315 e. The monoisotopic (exact) mass is 711 g/mol. The van der Waals surface area contributed by atoms with Crippen molar-refractivity contribution in [1.29, 1.82) is 0 Å². The molecule has 3 N–H and O–H groups in total. The fraction of sp³-hybridized carbons (Fsp3) is 0.486. The van der Waals surface area contributed by atoms with Crippen molar-refractivity contribution < 1.29 is 18.5 Å². The van der Waals surface area contributed by atoms with E-state index in [1.54, 1.807) is 6.07 Å². The second-order valence-electron chi connectivity index (χ2n) is 12.5. The van der Waals surface area contributed by atoms with E-state index in [0.29, 0.717) is 29.3 Å². The molecule has 0 bridgehead atoms. The second-order valence-corrected chi connectivity index (χ2v) is 15.8. The Labute approximate surface area is 293 Å². The summed E-state index contributed by atoms with van der Waals surface area (Å²) in [5.74, 6) is 0.813. The van der Waals surface area contributed by atoms with Gasteiger partial charge in [-0.05, 0) is 56.9 Å². The number of urea groups is 1. The summed E-state index contributed by atoms with van der Waals surface area (Å²) in [6, 6.07) is 11.3. The Bertz CT molecular complexity index is 1830. The minimum Gasteiger partial charge on any atom is -0.356 e. The van der Waals surface area contributed by atoms with Gasteiger partial charge in [0.05, 0.1) is 17.8 Å². The van der Waals surface area contributed by atoms with Crippen molar-refractivity contribution in [2.24, 2.45) is 0 Å². The first-order valence-corrected chi connectivity index (χ1v) is 19.6. The van der Waals surface area contributed by atoms with Crippen LogP contribution in [0.25, 0.3) is 11.1 Å². The van der Waals surface area contributed by atoms with Crippen LogP contribution in [0, 0.1) is 5.82 Å². The summed E-state index contributed by atoms with van der Waals surface area (Å²) in [5, 5.41) is 10.4. The maximum Gasteiger partial charge on any atom is 0.315 e. The summed E-state index contributed by atoms with van der Waals surface area (Å²) < 4.78 is 19.5. The number of benzene rings is 1. The third kappa shape index (κ3) is 7.94. The summed E-state index contributed by atoms with van der Waals surface area (Å²) in [7, 11) is 1.92. The van der Waals surface area contributed by atoms with Gasteiger partial charge in [-0.3, -0.25) is 14.2 Å². The van der Waals surface area contributed by atoms with E-state index < -0.39 is 0 Å². The number of carbonyl (C=O) groups excluding carboxylic acids is 2.